The standard InChI is InChI=1S/C25H28F7N7O2/c1-13(34-20(40)6-9-25(30,31)32)15-2-3-16-17(10-15)36-22(35-16)21(14-4-7-24(28,29)8-5-14)37-23(41)18-11-33-38-39(18)12-19(26)27/h2-3,10-11,13-14,19,21H,4-9,12H2,1H3,(H,34,40)(H,35,36)(H,37,41)/t13-,21+/m1/s1. The lowest BCUT2D eigenvalue weighted by atomic mass is 9.81. The van der Waals surface area contributed by atoms with Gasteiger partial charge in [-0.25, -0.2) is 27.2 Å². The molecule has 3 N–H and O–H groups in total. The van der Waals surface area contributed by atoms with E-state index in [9.17, 15) is 40.3 Å². The first kappa shape index (κ1) is 30.2. The summed E-state index contributed by atoms with van der Waals surface area (Å²) < 4.78 is 91.7. The molecule has 41 heavy (non-hydrogen) atoms. The Kier molecular flexibility index (Phi) is 8.87. The number of benzene rings is 1. The second kappa shape index (κ2) is 12.0. The summed E-state index contributed by atoms with van der Waals surface area (Å²) in [5.74, 6) is -4.60. The number of aromatic nitrogens is 5. The van der Waals surface area contributed by atoms with Crippen LogP contribution in [0.2, 0.25) is 0 Å². The number of aromatic amines is 1. The molecule has 3 aromatic rings. The van der Waals surface area contributed by atoms with Crippen LogP contribution in [-0.4, -0.2) is 55.3 Å². The predicted octanol–water partition coefficient (Wildman–Crippen LogP) is 5.24. The Balaban J connectivity index is 1.56. The predicted molar refractivity (Wildman–Crippen MR) is 131 cm³/mol. The lowest BCUT2D eigenvalue weighted by molar-refractivity contribution is -0.144. The first-order valence-corrected chi connectivity index (χ1v) is 12.9. The number of halogens is 7. The van der Waals surface area contributed by atoms with E-state index in [0.717, 1.165) is 10.9 Å². The van der Waals surface area contributed by atoms with Crippen LogP contribution >= 0.6 is 0 Å². The lowest BCUT2D eigenvalue weighted by Crippen LogP contribution is -2.38. The van der Waals surface area contributed by atoms with Crippen molar-refractivity contribution < 1.29 is 40.3 Å². The Morgan fingerprint density at radius 2 is 1.88 bits per heavy atom. The average Bonchev–Trinajstić information content (AvgIpc) is 3.52. The van der Waals surface area contributed by atoms with Gasteiger partial charge in [0.25, 0.3) is 12.3 Å². The molecule has 1 saturated carbocycles. The number of rotatable bonds is 10. The minimum Gasteiger partial charge on any atom is -0.350 e. The molecule has 0 radical (unpaired) electrons. The summed E-state index contributed by atoms with van der Waals surface area (Å²) in [5.41, 5.74) is 1.25. The van der Waals surface area contributed by atoms with Crippen molar-refractivity contribution in [3.63, 3.8) is 0 Å². The zero-order valence-electron chi connectivity index (χ0n) is 21.8. The highest BCUT2D eigenvalue weighted by Crippen LogP contribution is 2.41. The Morgan fingerprint density at radius 1 is 1.17 bits per heavy atom. The van der Waals surface area contributed by atoms with Crippen LogP contribution in [0.25, 0.3) is 11.0 Å². The molecule has 1 aliphatic carbocycles. The van der Waals surface area contributed by atoms with Gasteiger partial charge in [-0.2, -0.15) is 13.2 Å². The number of H-pyrrole nitrogens is 1. The summed E-state index contributed by atoms with van der Waals surface area (Å²) in [5, 5.41) is 12.3. The molecule has 0 unspecified atom stereocenters. The van der Waals surface area contributed by atoms with E-state index >= 15 is 0 Å². The first-order chi connectivity index (χ1) is 19.2. The van der Waals surface area contributed by atoms with Crippen molar-refractivity contribution >= 4 is 22.8 Å². The van der Waals surface area contributed by atoms with Crippen LogP contribution in [0.3, 0.4) is 0 Å². The fourth-order valence-electron chi connectivity index (χ4n) is 4.84. The molecule has 224 valence electrons. The zero-order chi connectivity index (χ0) is 29.9. The van der Waals surface area contributed by atoms with E-state index in [0.29, 0.717) is 16.6 Å². The molecule has 2 amide bonds. The third-order valence-corrected chi connectivity index (χ3v) is 7.01. The molecule has 0 aliphatic heterocycles. The maximum Gasteiger partial charge on any atom is 0.389 e. The number of carbonyl (C=O) groups excluding carboxylic acids is 2. The summed E-state index contributed by atoms with van der Waals surface area (Å²) >= 11 is 0. The van der Waals surface area contributed by atoms with Crippen molar-refractivity contribution in [1.82, 2.24) is 35.6 Å². The van der Waals surface area contributed by atoms with Gasteiger partial charge in [0.1, 0.15) is 18.1 Å². The molecule has 4 rings (SSSR count). The maximum atomic E-state index is 13.9. The van der Waals surface area contributed by atoms with Crippen molar-refractivity contribution in [3.05, 3.63) is 41.5 Å². The fraction of sp³-hybridized carbons (Fsp3) is 0.560. The Hall–Kier alpha value is -3.72. The molecular formula is C25H28F7N7O2. The summed E-state index contributed by atoms with van der Waals surface area (Å²) in [6.45, 7) is 0.743. The molecule has 1 aromatic carbocycles. The summed E-state index contributed by atoms with van der Waals surface area (Å²) in [4.78, 5) is 32.6. The van der Waals surface area contributed by atoms with Gasteiger partial charge in [-0.3, -0.25) is 9.59 Å². The molecule has 2 heterocycles. The third-order valence-electron chi connectivity index (χ3n) is 7.01. The largest absolute Gasteiger partial charge is 0.389 e. The summed E-state index contributed by atoms with van der Waals surface area (Å²) in [6, 6.07) is 3.36. The number of amides is 2. The topological polar surface area (TPSA) is 118 Å². The fourth-order valence-corrected chi connectivity index (χ4v) is 4.84. The molecule has 0 spiro atoms. The highest BCUT2D eigenvalue weighted by molar-refractivity contribution is 5.92. The van der Waals surface area contributed by atoms with Crippen LogP contribution < -0.4 is 10.6 Å². The maximum absolute atomic E-state index is 13.9. The number of carbonyl (C=O) groups is 2. The summed E-state index contributed by atoms with van der Waals surface area (Å²) in [7, 11) is 0. The van der Waals surface area contributed by atoms with Gasteiger partial charge in [-0.15, -0.1) is 5.10 Å². The van der Waals surface area contributed by atoms with Gasteiger partial charge in [0, 0.05) is 19.3 Å². The molecular weight excluding hydrogens is 563 g/mol. The number of fused-ring (bicyclic) bond motifs is 1. The lowest BCUT2D eigenvalue weighted by Gasteiger charge is -2.33. The van der Waals surface area contributed by atoms with E-state index in [1.165, 1.54) is 0 Å². The normalized spacial score (nSPS) is 17.5. The van der Waals surface area contributed by atoms with E-state index in [2.05, 4.69) is 30.9 Å². The Labute approximate surface area is 229 Å². The Bertz CT molecular complexity index is 1360. The zero-order valence-corrected chi connectivity index (χ0v) is 21.8. The van der Waals surface area contributed by atoms with E-state index in [-0.39, 0.29) is 24.4 Å². The van der Waals surface area contributed by atoms with Crippen LogP contribution in [0.1, 0.15) is 79.4 Å². The minimum absolute atomic E-state index is 0.0653. The highest BCUT2D eigenvalue weighted by Gasteiger charge is 2.40. The van der Waals surface area contributed by atoms with Gasteiger partial charge in [0.05, 0.1) is 35.7 Å². The molecule has 1 aliphatic rings. The number of nitrogens with one attached hydrogen (secondary N) is 3. The van der Waals surface area contributed by atoms with Crippen molar-refractivity contribution in [2.75, 3.05) is 0 Å². The van der Waals surface area contributed by atoms with Crippen LogP contribution in [-0.2, 0) is 11.3 Å². The third kappa shape index (κ3) is 7.94. The van der Waals surface area contributed by atoms with E-state index in [1.54, 1.807) is 25.1 Å². The number of nitrogens with zero attached hydrogens (tertiary/aromatic N) is 4. The van der Waals surface area contributed by atoms with Crippen molar-refractivity contribution in [2.24, 2.45) is 5.92 Å². The van der Waals surface area contributed by atoms with Crippen LogP contribution in [0.15, 0.2) is 24.4 Å². The van der Waals surface area contributed by atoms with Gasteiger partial charge >= 0.3 is 6.18 Å². The smallest absolute Gasteiger partial charge is 0.350 e. The van der Waals surface area contributed by atoms with Gasteiger partial charge in [-0.05, 0) is 43.4 Å². The number of imidazole rings is 1. The van der Waals surface area contributed by atoms with Crippen molar-refractivity contribution in [1.29, 1.82) is 0 Å². The van der Waals surface area contributed by atoms with Crippen molar-refractivity contribution in [3.8, 4) is 0 Å². The molecule has 1 fully saturated rings. The molecule has 0 bridgehead atoms. The Morgan fingerprint density at radius 3 is 2.54 bits per heavy atom. The number of alkyl halides is 7. The molecule has 2 atom stereocenters. The van der Waals surface area contributed by atoms with Gasteiger partial charge < -0.3 is 15.6 Å². The van der Waals surface area contributed by atoms with Gasteiger partial charge in [0.2, 0.25) is 11.8 Å². The van der Waals surface area contributed by atoms with Gasteiger partial charge in [-0.1, -0.05) is 11.3 Å². The first-order valence-electron chi connectivity index (χ1n) is 12.9. The molecule has 2 aromatic heterocycles. The van der Waals surface area contributed by atoms with Crippen LogP contribution in [0.5, 0.6) is 0 Å². The molecule has 9 nitrogen and oxygen atoms in total. The minimum atomic E-state index is -4.45. The summed E-state index contributed by atoms with van der Waals surface area (Å²) in [6.07, 6.45) is -8.84. The second-order valence-electron chi connectivity index (χ2n) is 10.1. The van der Waals surface area contributed by atoms with E-state index in [4.69, 9.17) is 0 Å². The molecule has 16 heteroatoms. The number of hydrogen-bond acceptors (Lipinski definition) is 5. The molecule has 0 saturated heterocycles. The van der Waals surface area contributed by atoms with E-state index in [1.807, 2.05) is 0 Å². The average molecular weight is 592 g/mol. The van der Waals surface area contributed by atoms with Gasteiger partial charge in [0.15, 0.2) is 0 Å². The SMILES string of the molecule is C[C@@H](NC(=O)CCC(F)(F)F)c1ccc2nc([C@@H](NC(=O)c3cnnn3CC(F)F)C3CCC(F)(F)CC3)[nH]c2c1. The highest BCUT2D eigenvalue weighted by atomic mass is 19.4. The van der Waals surface area contributed by atoms with E-state index < -0.39 is 80.6 Å². The monoisotopic (exact) mass is 591 g/mol. The van der Waals surface area contributed by atoms with Crippen LogP contribution in [0.4, 0.5) is 30.7 Å². The van der Waals surface area contributed by atoms with Crippen molar-refractivity contribution in [2.45, 2.75) is 82.6 Å². The second-order valence-corrected chi connectivity index (χ2v) is 10.1. The van der Waals surface area contributed by atoms with Crippen LogP contribution in [0, 0.1) is 5.92 Å². The quantitative estimate of drug-likeness (QED) is 0.279. The number of hydrogen-bond donors (Lipinski definition) is 3.